The molecule has 0 aliphatic carbocycles. The Bertz CT molecular complexity index is 803. The zero-order valence-corrected chi connectivity index (χ0v) is 14.9. The molecule has 0 saturated heterocycles. The monoisotopic (exact) mass is 370 g/mol. The minimum absolute atomic E-state index is 0.627. The topological polar surface area (TPSA) is 25.4 Å². The van der Waals surface area contributed by atoms with Crippen LogP contribution >= 0.6 is 15.9 Å². The predicted molar refractivity (Wildman–Crippen MR) is 98.9 cm³/mol. The molecule has 0 spiro atoms. The molecule has 3 aromatic rings. The van der Waals surface area contributed by atoms with E-state index < -0.39 is 0 Å². The Labute approximate surface area is 145 Å². The molecule has 2 aromatic carbocycles. The van der Waals surface area contributed by atoms with Gasteiger partial charge in [0.15, 0.2) is 5.75 Å². The van der Waals surface area contributed by atoms with Crippen LogP contribution in [0.2, 0.25) is 0 Å². The van der Waals surface area contributed by atoms with Crippen molar-refractivity contribution in [3.8, 4) is 16.9 Å². The molecule has 0 fully saturated rings. The fourth-order valence-electron chi connectivity index (χ4n) is 2.51. The molecular weight excluding hydrogens is 352 g/mol. The average molecular weight is 371 g/mol. The van der Waals surface area contributed by atoms with Crippen molar-refractivity contribution < 1.29 is 4.74 Å². The van der Waals surface area contributed by atoms with Gasteiger partial charge in [-0.15, -0.1) is 0 Å². The first kappa shape index (κ1) is 16.0. The lowest BCUT2D eigenvalue weighted by molar-refractivity contribution is 0.262. The lowest BCUT2D eigenvalue weighted by atomic mass is 10.0. The Morgan fingerprint density at radius 1 is 1.04 bits per heavy atom. The molecule has 3 nitrogen and oxygen atoms in total. The summed E-state index contributed by atoms with van der Waals surface area (Å²) in [4.78, 5) is 6.66. The number of ether oxygens (including phenoxy) is 1. The molecule has 0 amide bonds. The molecule has 3 rings (SSSR count). The van der Waals surface area contributed by atoms with E-state index in [1.54, 1.807) is 0 Å². The van der Waals surface area contributed by atoms with Crippen molar-refractivity contribution in [1.29, 1.82) is 0 Å². The standard InChI is InChI=1S/C19H19BrN2O/c1-22(2)12-13-23-19-17(20)9-8-16-15(10-11-21-18(16)19)14-6-4-3-5-7-14/h3-11H,12-13H2,1-2H3. The SMILES string of the molecule is CN(C)CCOc1c(Br)ccc2c(-c3ccccc3)ccnc12. The Hall–Kier alpha value is -1.91. The van der Waals surface area contributed by atoms with Crippen molar-refractivity contribution in [1.82, 2.24) is 9.88 Å². The summed E-state index contributed by atoms with van der Waals surface area (Å²) in [7, 11) is 4.07. The number of nitrogens with zero attached hydrogens (tertiary/aromatic N) is 2. The number of fused-ring (bicyclic) bond motifs is 1. The van der Waals surface area contributed by atoms with Crippen LogP contribution in [0.1, 0.15) is 0 Å². The van der Waals surface area contributed by atoms with Crippen molar-refractivity contribution in [3.63, 3.8) is 0 Å². The van der Waals surface area contributed by atoms with E-state index in [1.807, 2.05) is 32.4 Å². The van der Waals surface area contributed by atoms with Gasteiger partial charge in [-0.05, 0) is 53.3 Å². The van der Waals surface area contributed by atoms with Crippen LogP contribution in [0.4, 0.5) is 0 Å². The summed E-state index contributed by atoms with van der Waals surface area (Å²) < 4.78 is 6.93. The van der Waals surface area contributed by atoms with Gasteiger partial charge in [0.05, 0.1) is 4.47 Å². The van der Waals surface area contributed by atoms with Crippen molar-refractivity contribution in [2.24, 2.45) is 0 Å². The number of likely N-dealkylation sites (N-methyl/N-ethyl adjacent to an activating group) is 1. The van der Waals surface area contributed by atoms with Gasteiger partial charge in [-0.2, -0.15) is 0 Å². The van der Waals surface area contributed by atoms with Crippen LogP contribution in [-0.4, -0.2) is 37.1 Å². The van der Waals surface area contributed by atoms with E-state index in [-0.39, 0.29) is 0 Å². The molecular formula is C19H19BrN2O. The second-order valence-electron chi connectivity index (χ2n) is 5.65. The van der Waals surface area contributed by atoms with Crippen molar-refractivity contribution in [2.75, 3.05) is 27.2 Å². The number of hydrogen-bond acceptors (Lipinski definition) is 3. The first-order chi connectivity index (χ1) is 11.2. The van der Waals surface area contributed by atoms with Gasteiger partial charge < -0.3 is 9.64 Å². The number of halogens is 1. The van der Waals surface area contributed by atoms with Gasteiger partial charge in [0.1, 0.15) is 12.1 Å². The van der Waals surface area contributed by atoms with Gasteiger partial charge in [0, 0.05) is 18.1 Å². The summed E-state index contributed by atoms with van der Waals surface area (Å²) >= 11 is 3.59. The third kappa shape index (κ3) is 3.54. The summed E-state index contributed by atoms with van der Waals surface area (Å²) in [6, 6.07) is 16.5. The predicted octanol–water partition coefficient (Wildman–Crippen LogP) is 4.60. The summed E-state index contributed by atoms with van der Waals surface area (Å²) in [6.45, 7) is 1.49. The molecule has 118 valence electrons. The van der Waals surface area contributed by atoms with E-state index in [1.165, 1.54) is 11.1 Å². The van der Waals surface area contributed by atoms with Crippen LogP contribution in [0.15, 0.2) is 59.2 Å². The highest BCUT2D eigenvalue weighted by Gasteiger charge is 2.12. The number of rotatable bonds is 5. The number of hydrogen-bond donors (Lipinski definition) is 0. The fourth-order valence-corrected chi connectivity index (χ4v) is 2.94. The Morgan fingerprint density at radius 2 is 1.83 bits per heavy atom. The van der Waals surface area contributed by atoms with E-state index in [9.17, 15) is 0 Å². The molecule has 23 heavy (non-hydrogen) atoms. The van der Waals surface area contributed by atoms with Crippen molar-refractivity contribution in [3.05, 3.63) is 59.2 Å². The van der Waals surface area contributed by atoms with Crippen LogP contribution in [0.25, 0.3) is 22.0 Å². The Morgan fingerprint density at radius 3 is 2.57 bits per heavy atom. The lowest BCUT2D eigenvalue weighted by Gasteiger charge is -2.15. The second-order valence-corrected chi connectivity index (χ2v) is 6.50. The molecule has 0 N–H and O–H groups in total. The normalized spacial score (nSPS) is 11.1. The Kier molecular flexibility index (Phi) is 4.94. The minimum Gasteiger partial charge on any atom is -0.489 e. The molecule has 0 aliphatic heterocycles. The van der Waals surface area contributed by atoms with Crippen LogP contribution < -0.4 is 4.74 Å². The summed E-state index contributed by atoms with van der Waals surface area (Å²) in [5.41, 5.74) is 3.24. The quantitative estimate of drug-likeness (QED) is 0.655. The summed E-state index contributed by atoms with van der Waals surface area (Å²) in [5, 5.41) is 1.10. The van der Waals surface area contributed by atoms with Crippen LogP contribution in [-0.2, 0) is 0 Å². The molecule has 0 saturated carbocycles. The fraction of sp³-hybridized carbons (Fsp3) is 0.211. The molecule has 4 heteroatoms. The maximum absolute atomic E-state index is 6.00. The van der Waals surface area contributed by atoms with E-state index in [0.717, 1.165) is 27.7 Å². The minimum atomic E-state index is 0.627. The smallest absolute Gasteiger partial charge is 0.159 e. The number of pyridine rings is 1. The third-order valence-corrected chi connectivity index (χ3v) is 4.31. The molecule has 0 aliphatic rings. The Balaban J connectivity index is 2.06. The molecule has 0 atom stereocenters. The molecule has 0 bridgehead atoms. The lowest BCUT2D eigenvalue weighted by Crippen LogP contribution is -2.19. The van der Waals surface area contributed by atoms with Crippen LogP contribution in [0, 0.1) is 0 Å². The first-order valence-electron chi connectivity index (χ1n) is 7.57. The second kappa shape index (κ2) is 7.11. The molecule has 1 heterocycles. The van der Waals surface area contributed by atoms with Gasteiger partial charge >= 0.3 is 0 Å². The van der Waals surface area contributed by atoms with E-state index in [4.69, 9.17) is 4.74 Å². The highest BCUT2D eigenvalue weighted by molar-refractivity contribution is 9.10. The van der Waals surface area contributed by atoms with Gasteiger partial charge in [0.2, 0.25) is 0 Å². The average Bonchev–Trinajstić information content (AvgIpc) is 2.57. The molecule has 0 unspecified atom stereocenters. The zero-order valence-electron chi connectivity index (χ0n) is 13.3. The van der Waals surface area contributed by atoms with E-state index >= 15 is 0 Å². The maximum atomic E-state index is 6.00. The van der Waals surface area contributed by atoms with Crippen LogP contribution in [0.5, 0.6) is 5.75 Å². The largest absolute Gasteiger partial charge is 0.489 e. The summed E-state index contributed by atoms with van der Waals surface area (Å²) in [5.74, 6) is 0.808. The van der Waals surface area contributed by atoms with Gasteiger partial charge in [0.25, 0.3) is 0 Å². The van der Waals surface area contributed by atoms with Crippen molar-refractivity contribution >= 4 is 26.8 Å². The van der Waals surface area contributed by atoms with E-state index in [2.05, 4.69) is 62.2 Å². The highest BCUT2D eigenvalue weighted by atomic mass is 79.9. The van der Waals surface area contributed by atoms with Crippen molar-refractivity contribution in [2.45, 2.75) is 0 Å². The zero-order chi connectivity index (χ0) is 16.2. The number of benzene rings is 2. The van der Waals surface area contributed by atoms with Gasteiger partial charge in [-0.25, -0.2) is 0 Å². The molecule has 1 aromatic heterocycles. The summed E-state index contributed by atoms with van der Waals surface area (Å²) in [6.07, 6.45) is 1.84. The molecule has 0 radical (unpaired) electrons. The third-order valence-electron chi connectivity index (χ3n) is 3.69. The van der Waals surface area contributed by atoms with E-state index in [0.29, 0.717) is 6.61 Å². The maximum Gasteiger partial charge on any atom is 0.159 e. The van der Waals surface area contributed by atoms with Gasteiger partial charge in [-0.3, -0.25) is 4.98 Å². The van der Waals surface area contributed by atoms with Gasteiger partial charge in [-0.1, -0.05) is 36.4 Å². The number of aromatic nitrogens is 1. The first-order valence-corrected chi connectivity index (χ1v) is 8.36. The van der Waals surface area contributed by atoms with Crippen LogP contribution in [0.3, 0.4) is 0 Å². The highest BCUT2D eigenvalue weighted by Crippen LogP contribution is 2.36.